The Kier molecular flexibility index (Phi) is 4.25. The van der Waals surface area contributed by atoms with E-state index in [1.807, 2.05) is 6.92 Å². The molecule has 1 atom stereocenters. The highest BCUT2D eigenvalue weighted by Crippen LogP contribution is 2.04. The van der Waals surface area contributed by atoms with E-state index >= 15 is 0 Å². The predicted octanol–water partition coefficient (Wildman–Crippen LogP) is 0.742. The molecule has 0 saturated carbocycles. The lowest BCUT2D eigenvalue weighted by Crippen LogP contribution is -2.44. The number of aryl methyl sites for hydroxylation is 1. The van der Waals surface area contributed by atoms with Crippen LogP contribution in [-0.2, 0) is 11.3 Å². The molecule has 0 spiro atoms. The molecule has 1 amide bonds. The van der Waals surface area contributed by atoms with Gasteiger partial charge in [0.25, 0.3) is 5.91 Å². The summed E-state index contributed by atoms with van der Waals surface area (Å²) in [6.45, 7) is 6.06. The van der Waals surface area contributed by atoms with Gasteiger partial charge in [0.1, 0.15) is 6.04 Å². The maximum atomic E-state index is 11.8. The van der Waals surface area contributed by atoms with Gasteiger partial charge in [-0.05, 0) is 12.8 Å². The Morgan fingerprint density at radius 1 is 1.53 bits per heavy atom. The van der Waals surface area contributed by atoms with Gasteiger partial charge in [0.15, 0.2) is 0 Å². The van der Waals surface area contributed by atoms with Gasteiger partial charge >= 0.3 is 5.97 Å². The molecule has 0 radical (unpaired) electrons. The zero-order valence-corrected chi connectivity index (χ0v) is 10.2. The molecule has 6 heteroatoms. The molecule has 1 aromatic rings. The first kappa shape index (κ1) is 13.2. The normalized spacial score (nSPS) is 12.5. The van der Waals surface area contributed by atoms with Crippen LogP contribution in [0.5, 0.6) is 0 Å². The molecular formula is C11H17N3O3. The number of carboxylic acids is 1. The Balaban J connectivity index is 2.73. The summed E-state index contributed by atoms with van der Waals surface area (Å²) < 4.78 is 1.61. The van der Waals surface area contributed by atoms with E-state index in [1.165, 1.54) is 6.20 Å². The van der Waals surface area contributed by atoms with Crippen molar-refractivity contribution in [1.82, 2.24) is 15.1 Å². The van der Waals surface area contributed by atoms with E-state index in [1.54, 1.807) is 24.7 Å². The molecule has 0 aromatic carbocycles. The Morgan fingerprint density at radius 3 is 2.59 bits per heavy atom. The number of hydrogen-bond donors (Lipinski definition) is 2. The highest BCUT2D eigenvalue weighted by Gasteiger charge is 2.24. The summed E-state index contributed by atoms with van der Waals surface area (Å²) in [5, 5.41) is 15.4. The molecule has 0 aliphatic heterocycles. The van der Waals surface area contributed by atoms with Gasteiger partial charge in [-0.25, -0.2) is 4.79 Å². The fourth-order valence-corrected chi connectivity index (χ4v) is 1.39. The minimum atomic E-state index is -1.03. The molecule has 17 heavy (non-hydrogen) atoms. The van der Waals surface area contributed by atoms with Crippen LogP contribution in [0, 0.1) is 5.92 Å². The molecule has 0 fully saturated rings. The Hall–Kier alpha value is -1.85. The van der Waals surface area contributed by atoms with E-state index < -0.39 is 17.9 Å². The molecule has 0 aliphatic rings. The van der Waals surface area contributed by atoms with Crippen molar-refractivity contribution in [2.24, 2.45) is 5.92 Å². The third kappa shape index (κ3) is 3.30. The average molecular weight is 239 g/mol. The third-order valence-corrected chi connectivity index (χ3v) is 2.44. The zero-order valence-electron chi connectivity index (χ0n) is 10.2. The minimum Gasteiger partial charge on any atom is -0.480 e. The van der Waals surface area contributed by atoms with Crippen molar-refractivity contribution in [3.63, 3.8) is 0 Å². The van der Waals surface area contributed by atoms with E-state index in [2.05, 4.69) is 10.4 Å². The van der Waals surface area contributed by atoms with Crippen molar-refractivity contribution < 1.29 is 14.7 Å². The number of rotatable bonds is 5. The molecule has 0 unspecified atom stereocenters. The third-order valence-electron chi connectivity index (χ3n) is 2.44. The first-order chi connectivity index (χ1) is 7.95. The summed E-state index contributed by atoms with van der Waals surface area (Å²) in [6.07, 6.45) is 3.02. The van der Waals surface area contributed by atoms with Crippen molar-refractivity contribution >= 4 is 11.9 Å². The molecule has 1 aromatic heterocycles. The van der Waals surface area contributed by atoms with E-state index in [0.717, 1.165) is 0 Å². The van der Waals surface area contributed by atoms with Gasteiger partial charge in [0.2, 0.25) is 0 Å². The molecule has 94 valence electrons. The molecule has 0 aliphatic carbocycles. The summed E-state index contributed by atoms with van der Waals surface area (Å²) in [6, 6.07) is -0.882. The van der Waals surface area contributed by atoms with Crippen LogP contribution in [0.1, 0.15) is 31.1 Å². The van der Waals surface area contributed by atoms with Gasteiger partial charge in [-0.15, -0.1) is 0 Å². The largest absolute Gasteiger partial charge is 0.480 e. The summed E-state index contributed by atoms with van der Waals surface area (Å²) in [7, 11) is 0. The number of carbonyl (C=O) groups excluding carboxylic acids is 1. The second-order valence-electron chi connectivity index (χ2n) is 4.12. The van der Waals surface area contributed by atoms with Crippen molar-refractivity contribution in [2.75, 3.05) is 0 Å². The number of nitrogens with one attached hydrogen (secondary N) is 1. The van der Waals surface area contributed by atoms with Crippen LogP contribution in [0.4, 0.5) is 0 Å². The van der Waals surface area contributed by atoms with Gasteiger partial charge in [-0.1, -0.05) is 13.8 Å². The molecular weight excluding hydrogens is 222 g/mol. The maximum absolute atomic E-state index is 11.8. The molecule has 1 rings (SSSR count). The summed E-state index contributed by atoms with van der Waals surface area (Å²) in [5.74, 6) is -1.61. The van der Waals surface area contributed by atoms with Gasteiger partial charge in [-0.2, -0.15) is 5.10 Å². The van der Waals surface area contributed by atoms with Crippen molar-refractivity contribution in [3.05, 3.63) is 18.0 Å². The van der Waals surface area contributed by atoms with Gasteiger partial charge in [0.05, 0.1) is 11.8 Å². The van der Waals surface area contributed by atoms with E-state index in [-0.39, 0.29) is 5.92 Å². The van der Waals surface area contributed by atoms with E-state index in [0.29, 0.717) is 12.1 Å². The summed E-state index contributed by atoms with van der Waals surface area (Å²) in [5.41, 5.74) is 0.374. The number of carbonyl (C=O) groups is 2. The fraction of sp³-hybridized carbons (Fsp3) is 0.545. The van der Waals surface area contributed by atoms with E-state index in [4.69, 9.17) is 5.11 Å². The minimum absolute atomic E-state index is 0.169. The van der Waals surface area contributed by atoms with E-state index in [9.17, 15) is 9.59 Å². The van der Waals surface area contributed by atoms with Crippen molar-refractivity contribution in [3.8, 4) is 0 Å². The molecule has 0 saturated heterocycles. The first-order valence-corrected chi connectivity index (χ1v) is 5.51. The average Bonchev–Trinajstić information content (AvgIpc) is 2.73. The lowest BCUT2D eigenvalue weighted by atomic mass is 10.0. The highest BCUT2D eigenvalue weighted by molar-refractivity contribution is 5.96. The standard InChI is InChI=1S/C11H17N3O3/c1-4-14-6-8(5-12-14)10(15)13-9(7(2)3)11(16)17/h5-7,9H,4H2,1-3H3,(H,13,15)(H,16,17)/t9-/m0/s1. The molecule has 2 N–H and O–H groups in total. The number of amides is 1. The van der Waals surface area contributed by atoms with Crippen LogP contribution in [0.3, 0.4) is 0 Å². The zero-order chi connectivity index (χ0) is 13.0. The van der Waals surface area contributed by atoms with Crippen LogP contribution < -0.4 is 5.32 Å². The second-order valence-corrected chi connectivity index (χ2v) is 4.12. The van der Waals surface area contributed by atoms with Crippen LogP contribution in [0.25, 0.3) is 0 Å². The maximum Gasteiger partial charge on any atom is 0.326 e. The topological polar surface area (TPSA) is 84.2 Å². The first-order valence-electron chi connectivity index (χ1n) is 5.51. The fourth-order valence-electron chi connectivity index (χ4n) is 1.39. The Bertz CT molecular complexity index is 412. The van der Waals surface area contributed by atoms with Crippen LogP contribution in [0.15, 0.2) is 12.4 Å². The smallest absolute Gasteiger partial charge is 0.326 e. The number of carboxylic acid groups (broad SMARTS) is 1. The predicted molar refractivity (Wildman–Crippen MR) is 61.6 cm³/mol. The quantitative estimate of drug-likeness (QED) is 0.793. The number of aliphatic carboxylic acids is 1. The van der Waals surface area contributed by atoms with Gasteiger partial charge in [0, 0.05) is 12.7 Å². The number of aromatic nitrogens is 2. The van der Waals surface area contributed by atoms with Crippen molar-refractivity contribution in [1.29, 1.82) is 0 Å². The molecule has 1 heterocycles. The Morgan fingerprint density at radius 2 is 2.18 bits per heavy atom. The Labute approximate surface area is 99.6 Å². The van der Waals surface area contributed by atoms with Gasteiger partial charge < -0.3 is 10.4 Å². The number of nitrogens with zero attached hydrogens (tertiary/aromatic N) is 2. The highest BCUT2D eigenvalue weighted by atomic mass is 16.4. The monoisotopic (exact) mass is 239 g/mol. The van der Waals surface area contributed by atoms with Crippen LogP contribution in [0.2, 0.25) is 0 Å². The summed E-state index contributed by atoms with van der Waals surface area (Å²) in [4.78, 5) is 22.7. The second kappa shape index (κ2) is 5.47. The summed E-state index contributed by atoms with van der Waals surface area (Å²) >= 11 is 0. The van der Waals surface area contributed by atoms with Crippen LogP contribution >= 0.6 is 0 Å². The van der Waals surface area contributed by atoms with Crippen LogP contribution in [-0.4, -0.2) is 32.8 Å². The number of hydrogen-bond acceptors (Lipinski definition) is 3. The lowest BCUT2D eigenvalue weighted by Gasteiger charge is -2.17. The SMILES string of the molecule is CCn1cc(C(=O)N[C@H](C(=O)O)C(C)C)cn1. The molecule has 6 nitrogen and oxygen atoms in total. The molecule has 0 bridgehead atoms. The van der Waals surface area contributed by atoms with Crippen molar-refractivity contribution in [2.45, 2.75) is 33.4 Å². The van der Waals surface area contributed by atoms with Gasteiger partial charge in [-0.3, -0.25) is 9.48 Å². The lowest BCUT2D eigenvalue weighted by molar-refractivity contribution is -0.140.